The highest BCUT2D eigenvalue weighted by Crippen LogP contribution is 2.21. The van der Waals surface area contributed by atoms with E-state index in [1.807, 2.05) is 6.92 Å². The Bertz CT molecular complexity index is 177. The number of hydrogen-bond acceptors (Lipinski definition) is 1. The molecular weight excluding hydrogens is 215 g/mol. The van der Waals surface area contributed by atoms with Crippen molar-refractivity contribution in [2.24, 2.45) is 0 Å². The van der Waals surface area contributed by atoms with Crippen LogP contribution in [-0.2, 0) is 0 Å². The minimum Gasteiger partial charge on any atom is -0.313 e. The van der Waals surface area contributed by atoms with Gasteiger partial charge >= 0.3 is 6.18 Å². The van der Waals surface area contributed by atoms with Gasteiger partial charge in [0.05, 0.1) is 0 Å². The number of alkyl halides is 3. The molecule has 14 heavy (non-hydrogen) atoms. The van der Waals surface area contributed by atoms with E-state index in [1.165, 1.54) is 5.54 Å². The Hall–Kier alpha value is -0.220. The molecule has 0 aliphatic heterocycles. The standard InChI is InChI=1S/C9H15ClF3N/c1-8(6-10)7-14-5-3-2-4-9(11,12)13/h6,14H,2-5,7H2,1H3. The second-order valence-corrected chi connectivity index (χ2v) is 3.42. The average Bonchev–Trinajstić information content (AvgIpc) is 2.08. The van der Waals surface area contributed by atoms with Gasteiger partial charge < -0.3 is 5.32 Å². The summed E-state index contributed by atoms with van der Waals surface area (Å²) < 4.78 is 35.1. The lowest BCUT2D eigenvalue weighted by molar-refractivity contribution is -0.135. The van der Waals surface area contributed by atoms with Crippen molar-refractivity contribution in [1.82, 2.24) is 5.32 Å². The molecule has 84 valence electrons. The summed E-state index contributed by atoms with van der Waals surface area (Å²) in [5.74, 6) is 0. The van der Waals surface area contributed by atoms with Crippen LogP contribution in [0, 0.1) is 0 Å². The number of halogens is 4. The first kappa shape index (κ1) is 13.8. The van der Waals surface area contributed by atoms with Crippen LogP contribution in [0.2, 0.25) is 0 Å². The van der Waals surface area contributed by atoms with Gasteiger partial charge in [-0.2, -0.15) is 13.2 Å². The molecule has 0 aliphatic carbocycles. The van der Waals surface area contributed by atoms with Crippen LogP contribution in [0.4, 0.5) is 13.2 Å². The van der Waals surface area contributed by atoms with E-state index >= 15 is 0 Å². The van der Waals surface area contributed by atoms with Crippen molar-refractivity contribution in [2.45, 2.75) is 32.4 Å². The quantitative estimate of drug-likeness (QED) is 0.688. The second-order valence-electron chi connectivity index (χ2n) is 3.20. The van der Waals surface area contributed by atoms with E-state index in [1.54, 1.807) is 0 Å². The van der Waals surface area contributed by atoms with Crippen molar-refractivity contribution < 1.29 is 13.2 Å². The summed E-state index contributed by atoms with van der Waals surface area (Å²) >= 11 is 5.40. The topological polar surface area (TPSA) is 12.0 Å². The van der Waals surface area contributed by atoms with Gasteiger partial charge in [0.2, 0.25) is 0 Å². The fourth-order valence-corrected chi connectivity index (χ4v) is 0.977. The number of unbranched alkanes of at least 4 members (excludes halogenated alkanes) is 1. The number of hydrogen-bond donors (Lipinski definition) is 1. The summed E-state index contributed by atoms with van der Waals surface area (Å²) in [6.07, 6.45) is -4.00. The Morgan fingerprint density at radius 2 is 2.00 bits per heavy atom. The molecule has 0 atom stereocenters. The van der Waals surface area contributed by atoms with Crippen LogP contribution in [0.25, 0.3) is 0 Å². The monoisotopic (exact) mass is 229 g/mol. The van der Waals surface area contributed by atoms with Gasteiger partial charge in [0.25, 0.3) is 0 Å². The number of rotatable bonds is 6. The third-order valence-corrected chi connectivity index (χ3v) is 2.03. The largest absolute Gasteiger partial charge is 0.389 e. The molecule has 0 aliphatic rings. The maximum Gasteiger partial charge on any atom is 0.389 e. The zero-order valence-corrected chi connectivity index (χ0v) is 8.88. The van der Waals surface area contributed by atoms with Gasteiger partial charge in [0.1, 0.15) is 0 Å². The predicted molar refractivity (Wildman–Crippen MR) is 52.4 cm³/mol. The summed E-state index contributed by atoms with van der Waals surface area (Å²) in [5, 5.41) is 3.00. The molecule has 0 saturated carbocycles. The van der Waals surface area contributed by atoms with Crippen LogP contribution < -0.4 is 5.32 Å². The van der Waals surface area contributed by atoms with Gasteiger partial charge in [0.15, 0.2) is 0 Å². The lowest BCUT2D eigenvalue weighted by Crippen LogP contribution is -2.18. The zero-order chi connectivity index (χ0) is 11.0. The molecule has 0 aromatic carbocycles. The zero-order valence-electron chi connectivity index (χ0n) is 8.12. The van der Waals surface area contributed by atoms with Crippen molar-refractivity contribution in [3.05, 3.63) is 11.1 Å². The highest BCUT2D eigenvalue weighted by atomic mass is 35.5. The smallest absolute Gasteiger partial charge is 0.313 e. The van der Waals surface area contributed by atoms with Crippen molar-refractivity contribution in [1.29, 1.82) is 0 Å². The molecular formula is C9H15ClF3N. The Morgan fingerprint density at radius 1 is 1.36 bits per heavy atom. The third kappa shape index (κ3) is 9.86. The van der Waals surface area contributed by atoms with E-state index < -0.39 is 12.6 Å². The van der Waals surface area contributed by atoms with Crippen LogP contribution in [0.5, 0.6) is 0 Å². The third-order valence-electron chi connectivity index (χ3n) is 1.65. The molecule has 0 aromatic heterocycles. The normalized spacial score (nSPS) is 13.4. The van der Waals surface area contributed by atoms with Gasteiger partial charge in [-0.05, 0) is 31.9 Å². The molecule has 1 nitrogen and oxygen atoms in total. The molecule has 0 radical (unpaired) electrons. The highest BCUT2D eigenvalue weighted by Gasteiger charge is 2.25. The molecule has 0 unspecified atom stereocenters. The summed E-state index contributed by atoms with van der Waals surface area (Å²) in [6, 6.07) is 0. The molecule has 0 bridgehead atoms. The Balaban J connectivity index is 3.23. The van der Waals surface area contributed by atoms with Gasteiger partial charge in [0, 0.05) is 18.5 Å². The highest BCUT2D eigenvalue weighted by molar-refractivity contribution is 6.25. The second kappa shape index (κ2) is 7.12. The van der Waals surface area contributed by atoms with Crippen molar-refractivity contribution >= 4 is 11.6 Å². The average molecular weight is 230 g/mol. The minimum absolute atomic E-state index is 0.181. The first-order valence-electron chi connectivity index (χ1n) is 4.49. The minimum atomic E-state index is -4.02. The molecule has 0 spiro atoms. The Labute approximate surface area is 87.3 Å². The first-order chi connectivity index (χ1) is 6.45. The molecule has 0 saturated heterocycles. The fourth-order valence-electron chi connectivity index (χ4n) is 0.900. The summed E-state index contributed by atoms with van der Waals surface area (Å²) in [7, 11) is 0. The van der Waals surface area contributed by atoms with E-state index in [2.05, 4.69) is 5.32 Å². The molecule has 0 amide bonds. The van der Waals surface area contributed by atoms with Crippen molar-refractivity contribution in [3.63, 3.8) is 0 Å². The van der Waals surface area contributed by atoms with E-state index in [4.69, 9.17) is 11.6 Å². The molecule has 0 heterocycles. The fraction of sp³-hybridized carbons (Fsp3) is 0.778. The summed E-state index contributed by atoms with van der Waals surface area (Å²) in [6.45, 7) is 3.09. The van der Waals surface area contributed by atoms with Crippen LogP contribution in [0.15, 0.2) is 11.1 Å². The predicted octanol–water partition coefficient (Wildman–Crippen LogP) is 3.45. The summed E-state index contributed by atoms with van der Waals surface area (Å²) in [5.41, 5.74) is 2.44. The Kier molecular flexibility index (Phi) is 7.01. The van der Waals surface area contributed by atoms with Gasteiger partial charge in [-0.3, -0.25) is 0 Å². The van der Waals surface area contributed by atoms with Gasteiger partial charge in [-0.25, -0.2) is 0 Å². The van der Waals surface area contributed by atoms with Crippen LogP contribution >= 0.6 is 11.6 Å². The van der Waals surface area contributed by atoms with E-state index in [0.29, 0.717) is 19.5 Å². The van der Waals surface area contributed by atoms with E-state index in [9.17, 15) is 13.2 Å². The first-order valence-corrected chi connectivity index (χ1v) is 4.92. The van der Waals surface area contributed by atoms with Gasteiger partial charge in [-0.1, -0.05) is 11.6 Å². The molecule has 1 N–H and O–H groups in total. The van der Waals surface area contributed by atoms with Crippen LogP contribution in [-0.4, -0.2) is 19.3 Å². The molecule has 5 heteroatoms. The Morgan fingerprint density at radius 3 is 2.50 bits per heavy atom. The van der Waals surface area contributed by atoms with Crippen molar-refractivity contribution in [2.75, 3.05) is 13.1 Å². The molecule has 0 rings (SSSR count). The summed E-state index contributed by atoms with van der Waals surface area (Å²) in [4.78, 5) is 0. The number of nitrogens with one attached hydrogen (secondary N) is 1. The van der Waals surface area contributed by atoms with Crippen LogP contribution in [0.1, 0.15) is 26.2 Å². The van der Waals surface area contributed by atoms with Crippen LogP contribution in [0.3, 0.4) is 0 Å². The molecule has 0 fully saturated rings. The lowest BCUT2D eigenvalue weighted by atomic mass is 10.2. The maximum atomic E-state index is 11.7. The lowest BCUT2D eigenvalue weighted by Gasteiger charge is -2.06. The van der Waals surface area contributed by atoms with E-state index in [0.717, 1.165) is 5.57 Å². The SMILES string of the molecule is CC(=CCl)CNCCCCC(F)(F)F. The van der Waals surface area contributed by atoms with Crippen molar-refractivity contribution in [3.8, 4) is 0 Å². The van der Waals surface area contributed by atoms with E-state index in [-0.39, 0.29) is 6.42 Å². The maximum absolute atomic E-state index is 11.7. The van der Waals surface area contributed by atoms with Gasteiger partial charge in [-0.15, -0.1) is 0 Å². The molecule has 0 aromatic rings.